The predicted octanol–water partition coefficient (Wildman–Crippen LogP) is 1.75. The molecule has 0 aromatic heterocycles. The number of ether oxygens (including phenoxy) is 1. The minimum absolute atomic E-state index is 0.111. The van der Waals surface area contributed by atoms with Crippen LogP contribution in [0, 0.1) is 0 Å². The van der Waals surface area contributed by atoms with E-state index in [1.165, 1.54) is 4.90 Å². The van der Waals surface area contributed by atoms with E-state index in [9.17, 15) is 14.4 Å². The fraction of sp³-hybridized carbons (Fsp3) is 0.286. The number of anilines is 3. The first-order valence-electron chi connectivity index (χ1n) is 9.54. The SMILES string of the molecule is NC(=O)c1ccc(N2CCCC2)c(NC(=O)CN2C(=O)COc3ccccc32)c1. The summed E-state index contributed by atoms with van der Waals surface area (Å²) in [6.45, 7) is 1.50. The van der Waals surface area contributed by atoms with Gasteiger partial charge in [-0.25, -0.2) is 0 Å². The Hall–Kier alpha value is -3.55. The first kappa shape index (κ1) is 18.8. The maximum atomic E-state index is 12.8. The van der Waals surface area contributed by atoms with Crippen LogP contribution in [0.15, 0.2) is 42.5 Å². The molecule has 0 spiro atoms. The van der Waals surface area contributed by atoms with Gasteiger partial charge in [0.15, 0.2) is 6.61 Å². The lowest BCUT2D eigenvalue weighted by Gasteiger charge is -2.29. The van der Waals surface area contributed by atoms with Gasteiger partial charge in [0, 0.05) is 18.7 Å². The molecule has 29 heavy (non-hydrogen) atoms. The summed E-state index contributed by atoms with van der Waals surface area (Å²) < 4.78 is 5.41. The number of nitrogens with zero attached hydrogens (tertiary/aromatic N) is 2. The highest BCUT2D eigenvalue weighted by molar-refractivity contribution is 6.06. The van der Waals surface area contributed by atoms with Gasteiger partial charge in [0.1, 0.15) is 12.3 Å². The minimum Gasteiger partial charge on any atom is -0.482 e. The normalized spacial score (nSPS) is 15.7. The van der Waals surface area contributed by atoms with Crippen LogP contribution in [-0.4, -0.2) is 44.0 Å². The first-order valence-corrected chi connectivity index (χ1v) is 9.54. The van der Waals surface area contributed by atoms with E-state index in [0.29, 0.717) is 22.7 Å². The fourth-order valence-corrected chi connectivity index (χ4v) is 3.68. The van der Waals surface area contributed by atoms with Crippen LogP contribution in [0.2, 0.25) is 0 Å². The number of fused-ring (bicyclic) bond motifs is 1. The van der Waals surface area contributed by atoms with Gasteiger partial charge in [-0.3, -0.25) is 19.3 Å². The molecule has 0 bridgehead atoms. The summed E-state index contributed by atoms with van der Waals surface area (Å²) in [5, 5.41) is 2.86. The number of primary amides is 1. The van der Waals surface area contributed by atoms with Crippen molar-refractivity contribution < 1.29 is 19.1 Å². The van der Waals surface area contributed by atoms with Crippen molar-refractivity contribution >= 4 is 34.8 Å². The lowest BCUT2D eigenvalue weighted by atomic mass is 10.1. The second kappa shape index (κ2) is 7.83. The fourth-order valence-electron chi connectivity index (χ4n) is 3.68. The number of nitrogens with one attached hydrogen (secondary N) is 1. The van der Waals surface area contributed by atoms with E-state index < -0.39 is 5.91 Å². The van der Waals surface area contributed by atoms with Crippen LogP contribution in [0.1, 0.15) is 23.2 Å². The molecule has 2 aromatic carbocycles. The van der Waals surface area contributed by atoms with Crippen molar-refractivity contribution in [3.05, 3.63) is 48.0 Å². The Labute approximate surface area is 168 Å². The van der Waals surface area contributed by atoms with Crippen molar-refractivity contribution in [2.24, 2.45) is 5.73 Å². The van der Waals surface area contributed by atoms with Crippen molar-refractivity contribution in [1.82, 2.24) is 0 Å². The van der Waals surface area contributed by atoms with Gasteiger partial charge in [0.25, 0.3) is 5.91 Å². The molecular weight excluding hydrogens is 372 g/mol. The third-order valence-corrected chi connectivity index (χ3v) is 5.11. The van der Waals surface area contributed by atoms with Crippen LogP contribution in [0.25, 0.3) is 0 Å². The van der Waals surface area contributed by atoms with Crippen LogP contribution in [0.3, 0.4) is 0 Å². The second-order valence-corrected chi connectivity index (χ2v) is 7.07. The van der Waals surface area contributed by atoms with Gasteiger partial charge < -0.3 is 20.7 Å². The molecule has 4 rings (SSSR count). The summed E-state index contributed by atoms with van der Waals surface area (Å²) in [6.07, 6.45) is 2.15. The van der Waals surface area contributed by atoms with Crippen LogP contribution >= 0.6 is 0 Å². The number of rotatable bonds is 5. The first-order chi connectivity index (χ1) is 14.0. The van der Waals surface area contributed by atoms with E-state index >= 15 is 0 Å². The predicted molar refractivity (Wildman–Crippen MR) is 109 cm³/mol. The molecule has 1 fully saturated rings. The number of nitrogens with two attached hydrogens (primary N) is 1. The van der Waals surface area contributed by atoms with E-state index in [0.717, 1.165) is 31.6 Å². The van der Waals surface area contributed by atoms with E-state index in [4.69, 9.17) is 10.5 Å². The Bertz CT molecular complexity index is 969. The average molecular weight is 394 g/mol. The molecule has 0 saturated carbocycles. The zero-order valence-electron chi connectivity index (χ0n) is 15.9. The maximum absolute atomic E-state index is 12.8. The molecule has 0 radical (unpaired) electrons. The van der Waals surface area contributed by atoms with Gasteiger partial charge >= 0.3 is 0 Å². The van der Waals surface area contributed by atoms with Crippen molar-refractivity contribution in [3.8, 4) is 5.75 Å². The number of para-hydroxylation sites is 2. The Balaban J connectivity index is 1.57. The van der Waals surface area contributed by atoms with Gasteiger partial charge in [0.2, 0.25) is 11.8 Å². The van der Waals surface area contributed by atoms with Crippen molar-refractivity contribution in [3.63, 3.8) is 0 Å². The highest BCUT2D eigenvalue weighted by Gasteiger charge is 2.27. The second-order valence-electron chi connectivity index (χ2n) is 7.07. The van der Waals surface area contributed by atoms with Crippen LogP contribution < -0.4 is 25.6 Å². The molecule has 3 N–H and O–H groups in total. The van der Waals surface area contributed by atoms with Crippen molar-refractivity contribution in [2.45, 2.75) is 12.8 Å². The Morgan fingerprint density at radius 2 is 1.83 bits per heavy atom. The molecular formula is C21H22N4O4. The van der Waals surface area contributed by atoms with E-state index in [1.807, 2.05) is 6.07 Å². The summed E-state index contributed by atoms with van der Waals surface area (Å²) in [5.41, 5.74) is 7.64. The molecule has 150 valence electrons. The third kappa shape index (κ3) is 3.87. The molecule has 0 atom stereocenters. The molecule has 3 amide bonds. The highest BCUT2D eigenvalue weighted by Crippen LogP contribution is 2.32. The smallest absolute Gasteiger partial charge is 0.265 e. The number of amides is 3. The molecule has 2 aliphatic rings. The molecule has 2 aromatic rings. The van der Waals surface area contributed by atoms with Gasteiger partial charge in [-0.05, 0) is 43.2 Å². The molecule has 2 aliphatic heterocycles. The summed E-state index contributed by atoms with van der Waals surface area (Å²) in [5.74, 6) is -0.652. The zero-order chi connectivity index (χ0) is 20.4. The molecule has 1 saturated heterocycles. The summed E-state index contributed by atoms with van der Waals surface area (Å²) in [6, 6.07) is 12.1. The van der Waals surface area contributed by atoms with Crippen LogP contribution in [-0.2, 0) is 9.59 Å². The van der Waals surface area contributed by atoms with Gasteiger partial charge in [-0.1, -0.05) is 12.1 Å². The molecule has 8 heteroatoms. The van der Waals surface area contributed by atoms with Gasteiger partial charge in [-0.15, -0.1) is 0 Å². The maximum Gasteiger partial charge on any atom is 0.265 e. The van der Waals surface area contributed by atoms with Crippen molar-refractivity contribution in [1.29, 1.82) is 0 Å². The van der Waals surface area contributed by atoms with E-state index in [1.54, 1.807) is 36.4 Å². The van der Waals surface area contributed by atoms with E-state index in [2.05, 4.69) is 10.2 Å². The zero-order valence-corrected chi connectivity index (χ0v) is 15.9. The number of hydrogen-bond donors (Lipinski definition) is 2. The topological polar surface area (TPSA) is 105 Å². The highest BCUT2D eigenvalue weighted by atomic mass is 16.5. The molecule has 0 unspecified atom stereocenters. The number of benzene rings is 2. The van der Waals surface area contributed by atoms with Crippen LogP contribution in [0.5, 0.6) is 5.75 Å². The summed E-state index contributed by atoms with van der Waals surface area (Å²) >= 11 is 0. The number of hydrogen-bond acceptors (Lipinski definition) is 5. The Morgan fingerprint density at radius 1 is 1.07 bits per heavy atom. The van der Waals surface area contributed by atoms with Crippen molar-refractivity contribution in [2.75, 3.05) is 41.4 Å². The molecule has 2 heterocycles. The minimum atomic E-state index is -0.564. The number of carbonyl (C=O) groups is 3. The Kier molecular flexibility index (Phi) is 5.07. The molecule has 8 nitrogen and oxygen atoms in total. The van der Waals surface area contributed by atoms with Gasteiger partial charge in [0.05, 0.1) is 17.1 Å². The lowest BCUT2D eigenvalue weighted by Crippen LogP contribution is -2.43. The summed E-state index contributed by atoms with van der Waals surface area (Å²) in [7, 11) is 0. The standard InChI is InChI=1S/C21H22N4O4/c22-21(28)14-7-8-16(24-9-3-4-10-24)15(11-14)23-19(26)12-25-17-5-1-2-6-18(17)29-13-20(25)27/h1-2,5-8,11H,3-4,9-10,12-13H2,(H2,22,28)(H,23,26). The molecule has 0 aliphatic carbocycles. The van der Waals surface area contributed by atoms with Gasteiger partial charge in [-0.2, -0.15) is 0 Å². The van der Waals surface area contributed by atoms with E-state index in [-0.39, 0.29) is 25.0 Å². The van der Waals surface area contributed by atoms with Crippen LogP contribution in [0.4, 0.5) is 17.1 Å². The third-order valence-electron chi connectivity index (χ3n) is 5.11. The monoisotopic (exact) mass is 394 g/mol. The average Bonchev–Trinajstić information content (AvgIpc) is 3.24. The number of carbonyl (C=O) groups excluding carboxylic acids is 3. The largest absolute Gasteiger partial charge is 0.482 e. The summed E-state index contributed by atoms with van der Waals surface area (Å²) in [4.78, 5) is 40.3. The lowest BCUT2D eigenvalue weighted by molar-refractivity contribution is -0.123. The quantitative estimate of drug-likeness (QED) is 0.804. The Morgan fingerprint density at radius 3 is 2.59 bits per heavy atom.